The third-order valence-corrected chi connectivity index (χ3v) is 2.52. The highest BCUT2D eigenvalue weighted by Crippen LogP contribution is 2.15. The smallest absolute Gasteiger partial charge is 0.339 e. The molecule has 0 spiro atoms. The first-order valence-corrected chi connectivity index (χ1v) is 5.93. The molecule has 1 N–H and O–H groups in total. The third kappa shape index (κ3) is 2.27. The molecule has 0 aliphatic heterocycles. The van der Waals surface area contributed by atoms with E-state index in [2.05, 4.69) is 10.1 Å². The van der Waals surface area contributed by atoms with E-state index < -0.39 is 5.97 Å². The van der Waals surface area contributed by atoms with E-state index in [1.54, 1.807) is 17.8 Å². The molecule has 0 atom stereocenters. The monoisotopic (exact) mass is 249 g/mol. The Hall–Kier alpha value is -2.11. The number of rotatable bonds is 4. The summed E-state index contributed by atoms with van der Waals surface area (Å²) in [6.45, 7) is 4.76. The second-order valence-corrected chi connectivity index (χ2v) is 3.92. The van der Waals surface area contributed by atoms with Crippen molar-refractivity contribution in [3.05, 3.63) is 28.2 Å². The number of hydrogen-bond donors (Lipinski definition) is 1. The molecule has 2 aromatic heterocycles. The molecule has 0 aromatic carbocycles. The van der Waals surface area contributed by atoms with E-state index in [9.17, 15) is 9.59 Å². The van der Waals surface area contributed by atoms with Crippen LogP contribution in [0.1, 0.15) is 30.6 Å². The summed E-state index contributed by atoms with van der Waals surface area (Å²) >= 11 is 0. The number of nitrogens with zero attached hydrogens (tertiary/aromatic N) is 2. The van der Waals surface area contributed by atoms with Gasteiger partial charge in [0.1, 0.15) is 0 Å². The molecule has 0 aliphatic rings. The molecule has 0 unspecified atom stereocenters. The van der Waals surface area contributed by atoms with Crippen LogP contribution in [0.5, 0.6) is 0 Å². The molecule has 0 amide bonds. The van der Waals surface area contributed by atoms with Crippen LogP contribution in [0.25, 0.3) is 11.0 Å². The zero-order valence-corrected chi connectivity index (χ0v) is 10.4. The van der Waals surface area contributed by atoms with E-state index in [4.69, 9.17) is 4.74 Å². The van der Waals surface area contributed by atoms with Gasteiger partial charge in [0.2, 0.25) is 5.56 Å². The first-order valence-electron chi connectivity index (χ1n) is 5.93. The van der Waals surface area contributed by atoms with Gasteiger partial charge in [-0.2, -0.15) is 5.10 Å². The van der Waals surface area contributed by atoms with Gasteiger partial charge in [0.05, 0.1) is 17.6 Å². The quantitative estimate of drug-likeness (QED) is 0.829. The average Bonchev–Trinajstić information content (AvgIpc) is 2.71. The molecule has 6 nitrogen and oxygen atoms in total. The van der Waals surface area contributed by atoms with Gasteiger partial charge in [0, 0.05) is 18.8 Å². The molecule has 0 aliphatic carbocycles. The van der Waals surface area contributed by atoms with Crippen LogP contribution >= 0.6 is 0 Å². The lowest BCUT2D eigenvalue weighted by atomic mass is 10.2. The summed E-state index contributed by atoms with van der Waals surface area (Å²) in [5, 5.41) is 4.83. The van der Waals surface area contributed by atoms with Gasteiger partial charge >= 0.3 is 5.97 Å². The Morgan fingerprint density at radius 3 is 2.94 bits per heavy atom. The fourth-order valence-corrected chi connectivity index (χ4v) is 1.79. The van der Waals surface area contributed by atoms with Crippen LogP contribution in [-0.4, -0.2) is 27.3 Å². The molecule has 96 valence electrons. The molecule has 0 saturated heterocycles. The summed E-state index contributed by atoms with van der Waals surface area (Å²) in [7, 11) is 0. The lowest BCUT2D eigenvalue weighted by molar-refractivity contribution is 0.0528. The number of carbonyl (C=O) groups is 1. The van der Waals surface area contributed by atoms with Crippen LogP contribution in [0, 0.1) is 0 Å². The third-order valence-electron chi connectivity index (χ3n) is 2.52. The minimum Gasteiger partial charge on any atom is -0.462 e. The molecule has 0 fully saturated rings. The van der Waals surface area contributed by atoms with Crippen molar-refractivity contribution in [1.29, 1.82) is 0 Å². The molecule has 6 heteroatoms. The summed E-state index contributed by atoms with van der Waals surface area (Å²) in [6, 6.07) is 1.25. The van der Waals surface area contributed by atoms with Gasteiger partial charge in [0.15, 0.2) is 5.65 Å². The SMILES string of the molecule is CCCn1cc2c(C(=O)OCC)cc(=O)[nH]c2n1. The Bertz CT molecular complexity index is 627. The summed E-state index contributed by atoms with van der Waals surface area (Å²) in [5.74, 6) is -0.496. The Morgan fingerprint density at radius 1 is 1.50 bits per heavy atom. The van der Waals surface area contributed by atoms with E-state index in [0.29, 0.717) is 11.0 Å². The van der Waals surface area contributed by atoms with Crippen LogP contribution in [0.4, 0.5) is 0 Å². The maximum Gasteiger partial charge on any atom is 0.339 e. The highest BCUT2D eigenvalue weighted by molar-refractivity contribution is 6.02. The van der Waals surface area contributed by atoms with Crippen molar-refractivity contribution in [1.82, 2.24) is 14.8 Å². The topological polar surface area (TPSA) is 77.0 Å². The van der Waals surface area contributed by atoms with Gasteiger partial charge in [-0.15, -0.1) is 0 Å². The van der Waals surface area contributed by atoms with Gasteiger partial charge in [0.25, 0.3) is 0 Å². The van der Waals surface area contributed by atoms with Gasteiger partial charge in [-0.1, -0.05) is 6.92 Å². The number of H-pyrrole nitrogens is 1. The number of aryl methyl sites for hydroxylation is 1. The highest BCUT2D eigenvalue weighted by Gasteiger charge is 2.15. The predicted molar refractivity (Wildman–Crippen MR) is 66.6 cm³/mol. The molecule has 18 heavy (non-hydrogen) atoms. The number of carbonyl (C=O) groups excluding carboxylic acids is 1. The highest BCUT2D eigenvalue weighted by atomic mass is 16.5. The number of aromatic amines is 1. The van der Waals surface area contributed by atoms with E-state index in [1.807, 2.05) is 6.92 Å². The number of hydrogen-bond acceptors (Lipinski definition) is 4. The van der Waals surface area contributed by atoms with Crippen LogP contribution in [0.2, 0.25) is 0 Å². The van der Waals surface area contributed by atoms with Gasteiger partial charge in [-0.25, -0.2) is 4.79 Å². The molecule has 2 heterocycles. The Kier molecular flexibility index (Phi) is 3.45. The van der Waals surface area contributed by atoms with E-state index in [1.165, 1.54) is 6.07 Å². The predicted octanol–water partition coefficient (Wildman–Crippen LogP) is 1.31. The summed E-state index contributed by atoms with van der Waals surface area (Å²) < 4.78 is 6.64. The Morgan fingerprint density at radius 2 is 2.28 bits per heavy atom. The molecular weight excluding hydrogens is 234 g/mol. The Labute approximate surface area is 104 Å². The van der Waals surface area contributed by atoms with Crippen molar-refractivity contribution in [2.75, 3.05) is 6.61 Å². The van der Waals surface area contributed by atoms with Crippen molar-refractivity contribution in [2.45, 2.75) is 26.8 Å². The van der Waals surface area contributed by atoms with Crippen molar-refractivity contribution in [3.63, 3.8) is 0 Å². The molecule has 0 saturated carbocycles. The van der Waals surface area contributed by atoms with Gasteiger partial charge < -0.3 is 9.72 Å². The average molecular weight is 249 g/mol. The first kappa shape index (κ1) is 12.3. The lowest BCUT2D eigenvalue weighted by Crippen LogP contribution is -2.12. The fraction of sp³-hybridized carbons (Fsp3) is 0.417. The van der Waals surface area contributed by atoms with Crippen LogP contribution in [-0.2, 0) is 11.3 Å². The van der Waals surface area contributed by atoms with Crippen molar-refractivity contribution in [2.24, 2.45) is 0 Å². The molecule has 0 radical (unpaired) electrons. The second-order valence-electron chi connectivity index (χ2n) is 3.92. The summed E-state index contributed by atoms with van der Waals surface area (Å²) in [6.07, 6.45) is 2.67. The van der Waals surface area contributed by atoms with Gasteiger partial charge in [-0.3, -0.25) is 9.48 Å². The summed E-state index contributed by atoms with van der Waals surface area (Å²) in [5.41, 5.74) is 0.323. The maximum atomic E-state index is 11.8. The Balaban J connectivity index is 2.57. The number of nitrogens with one attached hydrogen (secondary N) is 1. The van der Waals surface area contributed by atoms with Crippen molar-refractivity contribution < 1.29 is 9.53 Å². The second kappa shape index (κ2) is 5.03. The van der Waals surface area contributed by atoms with Crippen LogP contribution in [0.15, 0.2) is 17.1 Å². The van der Waals surface area contributed by atoms with Crippen LogP contribution in [0.3, 0.4) is 0 Å². The maximum absolute atomic E-state index is 11.8. The number of pyridine rings is 1. The van der Waals surface area contributed by atoms with Crippen molar-refractivity contribution in [3.8, 4) is 0 Å². The van der Waals surface area contributed by atoms with Gasteiger partial charge in [-0.05, 0) is 13.3 Å². The zero-order valence-electron chi connectivity index (χ0n) is 10.4. The van der Waals surface area contributed by atoms with Crippen molar-refractivity contribution >= 4 is 17.0 Å². The number of fused-ring (bicyclic) bond motifs is 1. The van der Waals surface area contributed by atoms with E-state index >= 15 is 0 Å². The fourth-order valence-electron chi connectivity index (χ4n) is 1.79. The summed E-state index contributed by atoms with van der Waals surface area (Å²) in [4.78, 5) is 25.8. The number of esters is 1. The number of ether oxygens (including phenoxy) is 1. The normalized spacial score (nSPS) is 10.8. The van der Waals surface area contributed by atoms with E-state index in [0.717, 1.165) is 13.0 Å². The zero-order chi connectivity index (χ0) is 13.1. The minimum absolute atomic E-state index is 0.262. The van der Waals surface area contributed by atoms with E-state index in [-0.39, 0.29) is 17.7 Å². The standard InChI is InChI=1S/C12H15N3O3/c1-3-5-15-7-9-8(12(17)18-4-2)6-10(16)13-11(9)14-15/h6-7H,3-5H2,1-2H3,(H,13,14,16). The lowest BCUT2D eigenvalue weighted by Gasteiger charge is -2.01. The van der Waals surface area contributed by atoms with Crippen LogP contribution < -0.4 is 5.56 Å². The molecule has 2 aromatic rings. The molecular formula is C12H15N3O3. The molecule has 2 rings (SSSR count). The number of aromatic nitrogens is 3. The largest absolute Gasteiger partial charge is 0.462 e. The minimum atomic E-state index is -0.496. The first-order chi connectivity index (χ1) is 8.65. The molecule has 0 bridgehead atoms.